The number of carbonyl (C=O) groups excluding carboxylic acids is 1. The van der Waals surface area contributed by atoms with Crippen molar-refractivity contribution in [2.24, 2.45) is 0 Å². The second-order valence-corrected chi connectivity index (χ2v) is 7.36. The zero-order valence-electron chi connectivity index (χ0n) is 16.8. The third kappa shape index (κ3) is 3.83. The summed E-state index contributed by atoms with van der Waals surface area (Å²) in [6.07, 6.45) is 4.48. The van der Waals surface area contributed by atoms with Crippen LogP contribution in [0.25, 0.3) is 5.65 Å². The lowest BCUT2D eigenvalue weighted by atomic mass is 10.0. The number of nitrogens with one attached hydrogen (secondary N) is 2. The number of urea groups is 1. The number of hydrogen-bond acceptors (Lipinski definition) is 7. The summed E-state index contributed by atoms with van der Waals surface area (Å²) in [4.78, 5) is 18.7. The van der Waals surface area contributed by atoms with Gasteiger partial charge in [-0.25, -0.2) is 18.6 Å². The van der Waals surface area contributed by atoms with E-state index in [1.807, 2.05) is 0 Å². The second-order valence-electron chi connectivity index (χ2n) is 7.36. The molecular formula is C20H22FN7O3. The van der Waals surface area contributed by atoms with Crippen molar-refractivity contribution in [2.45, 2.75) is 19.4 Å². The van der Waals surface area contributed by atoms with Gasteiger partial charge in [0.1, 0.15) is 23.6 Å². The number of hydrogen-bond donors (Lipinski definition) is 2. The van der Waals surface area contributed by atoms with E-state index in [2.05, 4.69) is 25.8 Å². The van der Waals surface area contributed by atoms with Crippen molar-refractivity contribution >= 4 is 23.3 Å². The first kappa shape index (κ1) is 19.5. The number of rotatable bonds is 4. The van der Waals surface area contributed by atoms with Gasteiger partial charge in [-0.3, -0.25) is 0 Å². The maximum Gasteiger partial charge on any atom is 0.322 e. The standard InChI is InChI=1S/C20H22FN7O3/c21-15-2-3-17-13(4-8-31-17)14(15)10-22-19-23-11-16(18-26-24-12-28(18)19)25-20(29)27-5-1-7-30-9-6-27/h2-3,11-12H,1,4-10H2,(H,22,23)(H,25,29). The minimum Gasteiger partial charge on any atom is -0.493 e. The average molecular weight is 427 g/mol. The number of carbonyl (C=O) groups is 1. The largest absolute Gasteiger partial charge is 0.493 e. The molecule has 0 unspecified atom stereocenters. The molecule has 0 saturated carbocycles. The molecule has 162 valence electrons. The van der Waals surface area contributed by atoms with Crippen LogP contribution in [0.5, 0.6) is 5.75 Å². The monoisotopic (exact) mass is 427 g/mol. The quantitative estimate of drug-likeness (QED) is 0.657. The molecule has 1 saturated heterocycles. The second kappa shape index (κ2) is 8.34. The first-order chi connectivity index (χ1) is 15.2. The Balaban J connectivity index is 1.35. The first-order valence-corrected chi connectivity index (χ1v) is 10.2. The molecule has 2 aromatic heterocycles. The molecule has 2 aliphatic heterocycles. The van der Waals surface area contributed by atoms with Crippen molar-refractivity contribution in [3.05, 3.63) is 41.6 Å². The Morgan fingerprint density at radius 1 is 1.23 bits per heavy atom. The summed E-state index contributed by atoms with van der Waals surface area (Å²) < 4.78 is 27.0. The fourth-order valence-electron chi connectivity index (χ4n) is 3.86. The summed E-state index contributed by atoms with van der Waals surface area (Å²) in [5.74, 6) is 0.872. The number of halogens is 1. The first-order valence-electron chi connectivity index (χ1n) is 10.2. The summed E-state index contributed by atoms with van der Waals surface area (Å²) in [5, 5.41) is 14.1. The Labute approximate surface area is 177 Å². The highest BCUT2D eigenvalue weighted by Gasteiger charge is 2.21. The van der Waals surface area contributed by atoms with Crippen molar-refractivity contribution in [1.29, 1.82) is 0 Å². The van der Waals surface area contributed by atoms with Gasteiger partial charge in [-0.2, -0.15) is 0 Å². The third-order valence-corrected chi connectivity index (χ3v) is 5.45. The van der Waals surface area contributed by atoms with E-state index in [-0.39, 0.29) is 18.4 Å². The molecule has 0 atom stereocenters. The normalized spacial score (nSPS) is 16.0. The van der Waals surface area contributed by atoms with E-state index in [1.54, 1.807) is 15.4 Å². The number of ether oxygens (including phenoxy) is 2. The van der Waals surface area contributed by atoms with Crippen LogP contribution in [0.15, 0.2) is 24.7 Å². The molecule has 1 fully saturated rings. The van der Waals surface area contributed by atoms with Crippen LogP contribution in [-0.2, 0) is 17.7 Å². The number of fused-ring (bicyclic) bond motifs is 2. The fraction of sp³-hybridized carbons (Fsp3) is 0.400. The smallest absolute Gasteiger partial charge is 0.322 e. The molecule has 2 aliphatic rings. The van der Waals surface area contributed by atoms with E-state index in [4.69, 9.17) is 9.47 Å². The number of nitrogens with zero attached hydrogens (tertiary/aromatic N) is 5. The Morgan fingerprint density at radius 2 is 2.16 bits per heavy atom. The summed E-state index contributed by atoms with van der Waals surface area (Å²) in [5.41, 5.74) is 2.31. The summed E-state index contributed by atoms with van der Waals surface area (Å²) in [6.45, 7) is 3.10. The predicted octanol–water partition coefficient (Wildman–Crippen LogP) is 2.06. The molecule has 3 aromatic rings. The van der Waals surface area contributed by atoms with Crippen molar-refractivity contribution in [2.75, 3.05) is 43.5 Å². The number of anilines is 2. The van der Waals surface area contributed by atoms with Gasteiger partial charge in [0.05, 0.1) is 19.4 Å². The zero-order chi connectivity index (χ0) is 21.2. The molecule has 2 N–H and O–H groups in total. The van der Waals surface area contributed by atoms with E-state index >= 15 is 0 Å². The van der Waals surface area contributed by atoms with Crippen molar-refractivity contribution in [3.8, 4) is 5.75 Å². The molecule has 4 heterocycles. The molecule has 2 amide bonds. The molecule has 0 radical (unpaired) electrons. The van der Waals surface area contributed by atoms with Gasteiger partial charge in [-0.1, -0.05) is 0 Å². The van der Waals surface area contributed by atoms with Gasteiger partial charge in [-0.15, -0.1) is 10.2 Å². The van der Waals surface area contributed by atoms with E-state index in [9.17, 15) is 9.18 Å². The van der Waals surface area contributed by atoms with Crippen LogP contribution in [0.1, 0.15) is 17.5 Å². The molecule has 0 aliphatic carbocycles. The number of aromatic nitrogens is 4. The summed E-state index contributed by atoms with van der Waals surface area (Å²) in [6, 6.07) is 2.83. The highest BCUT2D eigenvalue weighted by Crippen LogP contribution is 2.30. The van der Waals surface area contributed by atoms with Crippen LogP contribution in [-0.4, -0.2) is 63.4 Å². The van der Waals surface area contributed by atoms with E-state index in [0.717, 1.165) is 17.7 Å². The molecular weight excluding hydrogens is 405 g/mol. The zero-order valence-corrected chi connectivity index (χ0v) is 16.8. The maximum absolute atomic E-state index is 14.4. The van der Waals surface area contributed by atoms with Crippen molar-refractivity contribution in [3.63, 3.8) is 0 Å². The van der Waals surface area contributed by atoms with Crippen molar-refractivity contribution < 1.29 is 18.7 Å². The lowest BCUT2D eigenvalue weighted by molar-refractivity contribution is 0.144. The van der Waals surface area contributed by atoms with Crippen LogP contribution in [0, 0.1) is 5.82 Å². The SMILES string of the molecule is O=C(Nc1cnc(NCc2c(F)ccc3c2CCO3)n2cnnc12)N1CCCOCC1. The minimum absolute atomic E-state index is 0.234. The van der Waals surface area contributed by atoms with E-state index < -0.39 is 0 Å². The minimum atomic E-state index is -0.290. The van der Waals surface area contributed by atoms with Crippen LogP contribution in [0.3, 0.4) is 0 Å². The van der Waals surface area contributed by atoms with E-state index in [0.29, 0.717) is 62.2 Å². The van der Waals surface area contributed by atoms with Crippen LogP contribution >= 0.6 is 0 Å². The molecule has 5 rings (SSSR count). The Morgan fingerprint density at radius 3 is 3.10 bits per heavy atom. The fourth-order valence-corrected chi connectivity index (χ4v) is 3.86. The Kier molecular flexibility index (Phi) is 5.24. The lowest BCUT2D eigenvalue weighted by Crippen LogP contribution is -2.36. The van der Waals surface area contributed by atoms with Gasteiger partial charge in [0.15, 0.2) is 5.65 Å². The van der Waals surface area contributed by atoms with Gasteiger partial charge in [0.25, 0.3) is 0 Å². The van der Waals surface area contributed by atoms with Gasteiger partial charge in [0.2, 0.25) is 5.95 Å². The topological polar surface area (TPSA) is 106 Å². The van der Waals surface area contributed by atoms with Crippen LogP contribution in [0.4, 0.5) is 20.8 Å². The maximum atomic E-state index is 14.4. The summed E-state index contributed by atoms with van der Waals surface area (Å²) in [7, 11) is 0. The highest BCUT2D eigenvalue weighted by molar-refractivity contribution is 5.93. The molecule has 31 heavy (non-hydrogen) atoms. The lowest BCUT2D eigenvalue weighted by Gasteiger charge is -2.20. The van der Waals surface area contributed by atoms with Gasteiger partial charge < -0.3 is 25.0 Å². The molecule has 0 spiro atoms. The number of amides is 2. The van der Waals surface area contributed by atoms with Crippen LogP contribution < -0.4 is 15.4 Å². The predicted molar refractivity (Wildman–Crippen MR) is 110 cm³/mol. The average Bonchev–Trinajstić information content (AvgIpc) is 3.38. The molecule has 1 aromatic carbocycles. The third-order valence-electron chi connectivity index (χ3n) is 5.45. The summed E-state index contributed by atoms with van der Waals surface area (Å²) >= 11 is 0. The van der Waals surface area contributed by atoms with Gasteiger partial charge >= 0.3 is 6.03 Å². The molecule has 0 bridgehead atoms. The number of benzene rings is 1. The molecule has 10 nitrogen and oxygen atoms in total. The van der Waals surface area contributed by atoms with Crippen molar-refractivity contribution in [1.82, 2.24) is 24.5 Å². The van der Waals surface area contributed by atoms with Crippen LogP contribution in [0.2, 0.25) is 0 Å². The van der Waals surface area contributed by atoms with Gasteiger partial charge in [0, 0.05) is 43.8 Å². The van der Waals surface area contributed by atoms with E-state index in [1.165, 1.54) is 18.6 Å². The Bertz CT molecular complexity index is 1110. The Hall–Kier alpha value is -3.47. The molecule has 11 heteroatoms. The highest BCUT2D eigenvalue weighted by atomic mass is 19.1. The van der Waals surface area contributed by atoms with Gasteiger partial charge in [-0.05, 0) is 18.6 Å².